The average molecular weight is 545 g/mol. The van der Waals surface area contributed by atoms with E-state index in [1.807, 2.05) is 53.4 Å². The molecule has 1 amide bonds. The number of likely N-dealkylation sites (tertiary alicyclic amines) is 1. The summed E-state index contributed by atoms with van der Waals surface area (Å²) in [6, 6.07) is 26.1. The van der Waals surface area contributed by atoms with Gasteiger partial charge in [0.15, 0.2) is 0 Å². The molecular weight excluding hydrogens is 512 g/mol. The number of hydrogen-bond donors (Lipinski definition) is 1. The predicted molar refractivity (Wildman–Crippen MR) is 158 cm³/mol. The number of ether oxygens (including phenoxy) is 1. The molecule has 2 aliphatic rings. The van der Waals surface area contributed by atoms with Crippen LogP contribution in [0.3, 0.4) is 0 Å². The van der Waals surface area contributed by atoms with E-state index < -0.39 is 0 Å². The number of nitriles is 1. The highest BCUT2D eigenvalue weighted by Gasteiger charge is 2.29. The van der Waals surface area contributed by atoms with Crippen LogP contribution in [0.4, 0.5) is 5.69 Å². The first-order valence-electron chi connectivity index (χ1n) is 14.1. The Morgan fingerprint density at radius 1 is 1.05 bits per heavy atom. The van der Waals surface area contributed by atoms with Crippen molar-refractivity contribution in [3.8, 4) is 22.9 Å². The molecule has 3 heterocycles. The van der Waals surface area contributed by atoms with E-state index in [4.69, 9.17) is 4.74 Å². The van der Waals surface area contributed by atoms with Gasteiger partial charge in [0.25, 0.3) is 5.91 Å². The summed E-state index contributed by atoms with van der Waals surface area (Å²) in [7, 11) is 0. The molecule has 0 unspecified atom stereocenters. The van der Waals surface area contributed by atoms with Gasteiger partial charge in [0.05, 0.1) is 12.2 Å². The zero-order valence-corrected chi connectivity index (χ0v) is 22.9. The van der Waals surface area contributed by atoms with Crippen LogP contribution < -0.4 is 9.64 Å². The lowest BCUT2D eigenvalue weighted by Crippen LogP contribution is -2.32. The van der Waals surface area contributed by atoms with E-state index in [1.54, 1.807) is 12.3 Å². The van der Waals surface area contributed by atoms with Crippen molar-refractivity contribution < 1.29 is 14.6 Å². The Morgan fingerprint density at radius 2 is 1.93 bits per heavy atom. The SMILES string of the molecule is N#Cc1cncc(COc2cc(C(=O)N3CCc4c(-c5ccccc5)cccc43)ccc2CN2CCC[C@H]2CO)c1. The van der Waals surface area contributed by atoms with Gasteiger partial charge in [-0.25, -0.2) is 0 Å². The van der Waals surface area contributed by atoms with Crippen LogP contribution in [0.15, 0.2) is 85.2 Å². The standard InChI is InChI=1S/C34H32N4O3/c35-18-24-16-25(20-36-19-24)23-41-33-17-27(11-12-28(33)21-37-14-5-8-29(37)22-39)34(40)38-15-13-31-30(9-4-10-32(31)38)26-6-2-1-3-7-26/h1-4,6-7,9-12,16-17,19-20,29,39H,5,8,13-15,21-23H2/t29-/m0/s1. The molecule has 0 saturated carbocycles. The Hall–Kier alpha value is -4.51. The van der Waals surface area contributed by atoms with Gasteiger partial charge in [-0.05, 0) is 66.8 Å². The molecule has 6 rings (SSSR count). The van der Waals surface area contributed by atoms with Gasteiger partial charge in [-0.2, -0.15) is 5.26 Å². The highest BCUT2D eigenvalue weighted by atomic mass is 16.5. The molecule has 7 heteroatoms. The van der Waals surface area contributed by atoms with Gasteiger partial charge in [0, 0.05) is 53.9 Å². The molecule has 0 aliphatic carbocycles. The minimum atomic E-state index is -0.0621. The van der Waals surface area contributed by atoms with Gasteiger partial charge in [0.2, 0.25) is 0 Å². The van der Waals surface area contributed by atoms with E-state index in [0.717, 1.165) is 53.7 Å². The maximum Gasteiger partial charge on any atom is 0.258 e. The minimum Gasteiger partial charge on any atom is -0.488 e. The fourth-order valence-corrected chi connectivity index (χ4v) is 5.96. The number of nitrogens with zero attached hydrogens (tertiary/aromatic N) is 4. The zero-order valence-electron chi connectivity index (χ0n) is 22.9. The number of aromatic nitrogens is 1. The van der Waals surface area contributed by atoms with Crippen molar-refractivity contribution in [3.63, 3.8) is 0 Å². The van der Waals surface area contributed by atoms with Crippen LogP contribution in [0.5, 0.6) is 5.75 Å². The molecule has 4 aromatic rings. The lowest BCUT2D eigenvalue weighted by atomic mass is 9.98. The Morgan fingerprint density at radius 3 is 2.76 bits per heavy atom. The number of hydrogen-bond acceptors (Lipinski definition) is 6. The highest BCUT2D eigenvalue weighted by Crippen LogP contribution is 2.37. The molecule has 1 aromatic heterocycles. The van der Waals surface area contributed by atoms with Crippen molar-refractivity contribution in [1.29, 1.82) is 5.26 Å². The minimum absolute atomic E-state index is 0.0621. The second-order valence-electron chi connectivity index (χ2n) is 10.6. The first-order valence-corrected chi connectivity index (χ1v) is 14.1. The molecule has 1 saturated heterocycles. The molecule has 0 bridgehead atoms. The summed E-state index contributed by atoms with van der Waals surface area (Å²) in [5.41, 5.74) is 7.22. The molecule has 0 radical (unpaired) electrons. The smallest absolute Gasteiger partial charge is 0.258 e. The van der Waals surface area contributed by atoms with E-state index in [9.17, 15) is 15.2 Å². The summed E-state index contributed by atoms with van der Waals surface area (Å²) in [5, 5.41) is 19.1. The highest BCUT2D eigenvalue weighted by molar-refractivity contribution is 6.08. The lowest BCUT2D eigenvalue weighted by molar-refractivity contribution is 0.0989. The Kier molecular flexibility index (Phi) is 7.77. The lowest BCUT2D eigenvalue weighted by Gasteiger charge is -2.24. The van der Waals surface area contributed by atoms with Crippen molar-refractivity contribution in [2.24, 2.45) is 0 Å². The van der Waals surface area contributed by atoms with Gasteiger partial charge in [0.1, 0.15) is 18.4 Å². The van der Waals surface area contributed by atoms with E-state index in [0.29, 0.717) is 30.0 Å². The second kappa shape index (κ2) is 11.9. The van der Waals surface area contributed by atoms with Gasteiger partial charge < -0.3 is 14.7 Å². The van der Waals surface area contributed by atoms with Crippen molar-refractivity contribution in [1.82, 2.24) is 9.88 Å². The molecule has 1 atom stereocenters. The summed E-state index contributed by atoms with van der Waals surface area (Å²) in [6.07, 6.45) is 6.02. The van der Waals surface area contributed by atoms with Crippen LogP contribution >= 0.6 is 0 Å². The molecule has 1 N–H and O–H groups in total. The van der Waals surface area contributed by atoms with Crippen LogP contribution in [0.25, 0.3) is 11.1 Å². The van der Waals surface area contributed by atoms with Crippen LogP contribution in [0, 0.1) is 11.3 Å². The number of aliphatic hydroxyl groups excluding tert-OH is 1. The van der Waals surface area contributed by atoms with Gasteiger partial charge in [-0.3, -0.25) is 14.7 Å². The maximum atomic E-state index is 13.9. The molecular formula is C34H32N4O3. The number of benzene rings is 3. The zero-order chi connectivity index (χ0) is 28.2. The summed E-state index contributed by atoms with van der Waals surface area (Å²) < 4.78 is 6.29. The largest absolute Gasteiger partial charge is 0.488 e. The molecule has 41 heavy (non-hydrogen) atoms. The first-order chi connectivity index (χ1) is 20.1. The summed E-state index contributed by atoms with van der Waals surface area (Å²) in [5.74, 6) is 0.562. The Bertz CT molecular complexity index is 1600. The molecule has 3 aromatic carbocycles. The van der Waals surface area contributed by atoms with Crippen molar-refractivity contribution in [2.45, 2.75) is 38.5 Å². The van der Waals surface area contributed by atoms with Crippen LogP contribution in [-0.2, 0) is 19.6 Å². The van der Waals surface area contributed by atoms with Gasteiger partial charge in [-0.1, -0.05) is 48.5 Å². The number of carbonyl (C=O) groups excluding carboxylic acids is 1. The second-order valence-corrected chi connectivity index (χ2v) is 10.6. The van der Waals surface area contributed by atoms with E-state index in [-0.39, 0.29) is 25.2 Å². The van der Waals surface area contributed by atoms with E-state index in [1.165, 1.54) is 11.8 Å². The Labute approximate surface area is 240 Å². The van der Waals surface area contributed by atoms with Crippen LogP contribution in [0.2, 0.25) is 0 Å². The monoisotopic (exact) mass is 544 g/mol. The third kappa shape index (κ3) is 5.58. The topological polar surface area (TPSA) is 89.7 Å². The maximum absolute atomic E-state index is 13.9. The average Bonchev–Trinajstić information content (AvgIpc) is 3.67. The molecule has 7 nitrogen and oxygen atoms in total. The van der Waals surface area contributed by atoms with E-state index in [2.05, 4.69) is 34.2 Å². The van der Waals surface area contributed by atoms with Crippen LogP contribution in [0.1, 0.15) is 45.5 Å². The number of amides is 1. The number of carbonyl (C=O) groups is 1. The number of pyridine rings is 1. The molecule has 0 spiro atoms. The first kappa shape index (κ1) is 26.7. The number of aliphatic hydroxyl groups is 1. The van der Waals surface area contributed by atoms with Gasteiger partial charge >= 0.3 is 0 Å². The fourth-order valence-electron chi connectivity index (χ4n) is 5.96. The fraction of sp³-hybridized carbons (Fsp3) is 0.265. The van der Waals surface area contributed by atoms with Crippen molar-refractivity contribution in [2.75, 3.05) is 24.6 Å². The quantitative estimate of drug-likeness (QED) is 0.321. The summed E-state index contributed by atoms with van der Waals surface area (Å²) >= 11 is 0. The number of anilines is 1. The molecule has 206 valence electrons. The summed E-state index contributed by atoms with van der Waals surface area (Å²) in [4.78, 5) is 22.2. The third-order valence-electron chi connectivity index (χ3n) is 8.07. The number of rotatable bonds is 8. The third-order valence-corrected chi connectivity index (χ3v) is 8.07. The summed E-state index contributed by atoms with van der Waals surface area (Å²) in [6.45, 7) is 2.50. The normalized spacial score (nSPS) is 16.4. The van der Waals surface area contributed by atoms with E-state index >= 15 is 0 Å². The predicted octanol–water partition coefficient (Wildman–Crippen LogP) is 5.36. The van der Waals surface area contributed by atoms with Crippen molar-refractivity contribution >= 4 is 11.6 Å². The molecule has 2 aliphatic heterocycles. The Balaban J connectivity index is 1.29. The van der Waals surface area contributed by atoms with Gasteiger partial charge in [-0.15, -0.1) is 0 Å². The van der Waals surface area contributed by atoms with Crippen LogP contribution in [-0.4, -0.2) is 46.6 Å². The van der Waals surface area contributed by atoms with Crippen molar-refractivity contribution in [3.05, 3.63) is 113 Å². The number of fused-ring (bicyclic) bond motifs is 1. The molecule has 1 fully saturated rings.